The largest absolute Gasteiger partial charge is 0.396 e. The first kappa shape index (κ1) is 11.0. The van der Waals surface area contributed by atoms with Crippen molar-refractivity contribution >= 4 is 11.8 Å². The van der Waals surface area contributed by atoms with Gasteiger partial charge in [-0.1, -0.05) is 0 Å². The van der Waals surface area contributed by atoms with Gasteiger partial charge in [0.15, 0.2) is 0 Å². The molecule has 1 fully saturated rings. The molecule has 5 heteroatoms. The molecule has 14 heavy (non-hydrogen) atoms. The van der Waals surface area contributed by atoms with Crippen LogP contribution in [0, 0.1) is 0 Å². The van der Waals surface area contributed by atoms with E-state index in [0.29, 0.717) is 19.4 Å². The fourth-order valence-corrected chi connectivity index (χ4v) is 1.42. The number of piperidine rings is 1. The molecule has 0 aliphatic carbocycles. The van der Waals surface area contributed by atoms with Crippen molar-refractivity contribution in [2.45, 2.75) is 31.7 Å². The zero-order valence-electron chi connectivity index (χ0n) is 8.08. The summed E-state index contributed by atoms with van der Waals surface area (Å²) in [6.07, 6.45) is 2.33. The van der Waals surface area contributed by atoms with Crippen LogP contribution in [-0.4, -0.2) is 36.1 Å². The topological polar surface area (TPSA) is 78.4 Å². The molecule has 1 rings (SSSR count). The maximum absolute atomic E-state index is 11.2. The molecule has 0 aromatic heterocycles. The Hall–Kier alpha value is -1.10. The van der Waals surface area contributed by atoms with Crippen molar-refractivity contribution < 1.29 is 14.7 Å². The zero-order chi connectivity index (χ0) is 10.4. The average Bonchev–Trinajstić information content (AvgIpc) is 2.18. The lowest BCUT2D eigenvalue weighted by Gasteiger charge is -2.22. The molecule has 1 aliphatic heterocycles. The van der Waals surface area contributed by atoms with Crippen molar-refractivity contribution in [3.8, 4) is 0 Å². The molecule has 0 aromatic carbocycles. The number of carbonyl (C=O) groups is 2. The van der Waals surface area contributed by atoms with E-state index < -0.39 is 0 Å². The highest BCUT2D eigenvalue weighted by Gasteiger charge is 2.22. The molecule has 80 valence electrons. The van der Waals surface area contributed by atoms with E-state index in [1.54, 1.807) is 0 Å². The Balaban J connectivity index is 2.27. The summed E-state index contributed by atoms with van der Waals surface area (Å²) in [5, 5.41) is 13.8. The van der Waals surface area contributed by atoms with Crippen LogP contribution in [0.15, 0.2) is 0 Å². The molecule has 1 aliphatic rings. The number of hydrogen-bond acceptors (Lipinski definition) is 3. The van der Waals surface area contributed by atoms with Crippen molar-refractivity contribution in [1.29, 1.82) is 0 Å². The van der Waals surface area contributed by atoms with Gasteiger partial charge in [0.05, 0.1) is 0 Å². The van der Waals surface area contributed by atoms with Crippen LogP contribution in [0.3, 0.4) is 0 Å². The van der Waals surface area contributed by atoms with Gasteiger partial charge in [-0.25, -0.2) is 0 Å². The van der Waals surface area contributed by atoms with E-state index >= 15 is 0 Å². The molecule has 1 unspecified atom stereocenters. The minimum Gasteiger partial charge on any atom is -0.396 e. The van der Waals surface area contributed by atoms with Gasteiger partial charge in [-0.05, 0) is 19.3 Å². The van der Waals surface area contributed by atoms with Gasteiger partial charge in [-0.2, -0.15) is 0 Å². The van der Waals surface area contributed by atoms with Crippen LogP contribution in [0.5, 0.6) is 0 Å². The van der Waals surface area contributed by atoms with E-state index in [1.807, 2.05) is 0 Å². The third-order valence-electron chi connectivity index (χ3n) is 2.18. The Morgan fingerprint density at radius 1 is 1.64 bits per heavy atom. The lowest BCUT2D eigenvalue weighted by molar-refractivity contribution is -0.130. The summed E-state index contributed by atoms with van der Waals surface area (Å²) in [4.78, 5) is 22.4. The maximum atomic E-state index is 11.2. The first-order chi connectivity index (χ1) is 6.74. The first-order valence-corrected chi connectivity index (χ1v) is 4.92. The number of amides is 2. The molecular formula is C9H16N2O3. The van der Waals surface area contributed by atoms with Crippen molar-refractivity contribution in [2.24, 2.45) is 0 Å². The molecule has 1 heterocycles. The standard InChI is InChI=1S/C9H16N2O3/c12-6-2-4-8(13)11-7-3-1-5-10-9(7)14/h7,12H,1-6H2,(H,10,14)(H,11,13). The predicted molar refractivity (Wildman–Crippen MR) is 50.5 cm³/mol. The number of aliphatic hydroxyl groups is 1. The van der Waals surface area contributed by atoms with E-state index in [2.05, 4.69) is 10.6 Å². The molecule has 0 aromatic rings. The highest BCUT2D eigenvalue weighted by atomic mass is 16.3. The Kier molecular flexibility index (Phi) is 4.39. The number of carbonyl (C=O) groups excluding carboxylic acids is 2. The average molecular weight is 200 g/mol. The van der Waals surface area contributed by atoms with Crippen molar-refractivity contribution in [1.82, 2.24) is 10.6 Å². The number of hydrogen-bond donors (Lipinski definition) is 3. The van der Waals surface area contributed by atoms with E-state index in [1.165, 1.54) is 0 Å². The molecule has 0 saturated carbocycles. The van der Waals surface area contributed by atoms with Crippen LogP contribution in [-0.2, 0) is 9.59 Å². The lowest BCUT2D eigenvalue weighted by atomic mass is 10.1. The third kappa shape index (κ3) is 3.33. The summed E-state index contributed by atoms with van der Waals surface area (Å²) in [6, 6.07) is -0.380. The summed E-state index contributed by atoms with van der Waals surface area (Å²) in [7, 11) is 0. The van der Waals surface area contributed by atoms with Crippen LogP contribution >= 0.6 is 0 Å². The highest BCUT2D eigenvalue weighted by Crippen LogP contribution is 2.03. The minimum atomic E-state index is -0.380. The molecule has 0 spiro atoms. The summed E-state index contributed by atoms with van der Waals surface area (Å²) >= 11 is 0. The monoisotopic (exact) mass is 200 g/mol. The molecule has 1 atom stereocenters. The predicted octanol–water partition coefficient (Wildman–Crippen LogP) is -0.846. The number of nitrogens with one attached hydrogen (secondary N) is 2. The van der Waals surface area contributed by atoms with Gasteiger partial charge in [0.25, 0.3) is 0 Å². The second-order valence-corrected chi connectivity index (χ2v) is 3.38. The normalized spacial score (nSPS) is 21.5. The van der Waals surface area contributed by atoms with Crippen LogP contribution < -0.4 is 10.6 Å². The zero-order valence-corrected chi connectivity index (χ0v) is 8.08. The number of rotatable bonds is 4. The maximum Gasteiger partial charge on any atom is 0.242 e. The Bertz CT molecular complexity index is 218. The smallest absolute Gasteiger partial charge is 0.242 e. The number of aliphatic hydroxyl groups excluding tert-OH is 1. The van der Waals surface area contributed by atoms with Gasteiger partial charge < -0.3 is 15.7 Å². The van der Waals surface area contributed by atoms with E-state index in [4.69, 9.17) is 5.11 Å². The van der Waals surface area contributed by atoms with E-state index in [9.17, 15) is 9.59 Å². The fourth-order valence-electron chi connectivity index (χ4n) is 1.42. The first-order valence-electron chi connectivity index (χ1n) is 4.92. The Morgan fingerprint density at radius 2 is 2.43 bits per heavy atom. The van der Waals surface area contributed by atoms with Crippen molar-refractivity contribution in [2.75, 3.05) is 13.2 Å². The van der Waals surface area contributed by atoms with Gasteiger partial charge in [-0.3, -0.25) is 9.59 Å². The summed E-state index contributed by atoms with van der Waals surface area (Å²) in [5.74, 6) is -0.269. The molecule has 0 radical (unpaired) electrons. The van der Waals surface area contributed by atoms with Gasteiger partial charge in [0, 0.05) is 19.6 Å². The lowest BCUT2D eigenvalue weighted by Crippen LogP contribution is -2.50. The molecule has 0 bridgehead atoms. The van der Waals surface area contributed by atoms with Crippen LogP contribution in [0.1, 0.15) is 25.7 Å². The van der Waals surface area contributed by atoms with Gasteiger partial charge in [0.1, 0.15) is 6.04 Å². The Morgan fingerprint density at radius 3 is 3.07 bits per heavy atom. The second kappa shape index (κ2) is 5.59. The molecule has 5 nitrogen and oxygen atoms in total. The molecule has 3 N–H and O–H groups in total. The molecule has 2 amide bonds. The summed E-state index contributed by atoms with van der Waals surface area (Å²) in [6.45, 7) is 0.701. The quantitative estimate of drug-likeness (QED) is 0.553. The molecular weight excluding hydrogens is 184 g/mol. The van der Waals surface area contributed by atoms with Crippen LogP contribution in [0.4, 0.5) is 0 Å². The van der Waals surface area contributed by atoms with Gasteiger partial charge in [0.2, 0.25) is 11.8 Å². The SMILES string of the molecule is O=C(CCCO)NC1CCCNC1=O. The fraction of sp³-hybridized carbons (Fsp3) is 0.778. The van der Waals surface area contributed by atoms with Crippen LogP contribution in [0.2, 0.25) is 0 Å². The van der Waals surface area contributed by atoms with Gasteiger partial charge in [-0.15, -0.1) is 0 Å². The third-order valence-corrected chi connectivity index (χ3v) is 2.18. The van der Waals surface area contributed by atoms with Crippen molar-refractivity contribution in [3.05, 3.63) is 0 Å². The second-order valence-electron chi connectivity index (χ2n) is 3.38. The summed E-state index contributed by atoms with van der Waals surface area (Å²) < 4.78 is 0. The highest BCUT2D eigenvalue weighted by molar-refractivity contribution is 5.87. The summed E-state index contributed by atoms with van der Waals surface area (Å²) in [5.41, 5.74) is 0. The molecule has 1 saturated heterocycles. The van der Waals surface area contributed by atoms with Crippen LogP contribution in [0.25, 0.3) is 0 Å². The van der Waals surface area contributed by atoms with Gasteiger partial charge >= 0.3 is 0 Å². The van der Waals surface area contributed by atoms with E-state index in [-0.39, 0.29) is 30.9 Å². The minimum absolute atomic E-state index is 0.00425. The Labute approximate surface area is 82.9 Å². The van der Waals surface area contributed by atoms with E-state index in [0.717, 1.165) is 6.42 Å². The van der Waals surface area contributed by atoms with Crippen molar-refractivity contribution in [3.63, 3.8) is 0 Å².